The van der Waals surface area contributed by atoms with Gasteiger partial charge in [0.2, 0.25) is 0 Å². The summed E-state index contributed by atoms with van der Waals surface area (Å²) < 4.78 is 2.06. The van der Waals surface area contributed by atoms with E-state index in [1.54, 1.807) is 24.4 Å². The molecule has 1 aromatic heterocycles. The minimum atomic E-state index is -0.966. The van der Waals surface area contributed by atoms with Crippen molar-refractivity contribution in [1.82, 2.24) is 9.55 Å². The van der Waals surface area contributed by atoms with E-state index in [1.807, 2.05) is 11.1 Å². The lowest BCUT2D eigenvalue weighted by molar-refractivity contribution is 0.0697. The molecule has 5 nitrogen and oxygen atoms in total. The van der Waals surface area contributed by atoms with Gasteiger partial charge < -0.3 is 14.6 Å². The third kappa shape index (κ3) is 2.06. The molecule has 0 radical (unpaired) electrons. The second kappa shape index (κ2) is 4.59. The molecule has 2 aromatic rings. The first kappa shape index (κ1) is 12.0. The van der Waals surface area contributed by atoms with Crippen LogP contribution in [0.1, 0.15) is 16.2 Å². The van der Waals surface area contributed by atoms with E-state index >= 15 is 0 Å². The summed E-state index contributed by atoms with van der Waals surface area (Å²) in [5, 5.41) is 9.73. The molecule has 0 saturated heterocycles. The normalized spacial score (nSPS) is 14.3. The van der Waals surface area contributed by atoms with Crippen LogP contribution in [0.25, 0.3) is 0 Å². The molecule has 1 aliphatic heterocycles. The minimum Gasteiger partial charge on any atom is -0.478 e. The summed E-state index contributed by atoms with van der Waals surface area (Å²) in [7, 11) is 0. The zero-order valence-electron chi connectivity index (χ0n) is 10.1. The first-order chi connectivity index (χ1) is 9.16. The maximum absolute atomic E-state index is 11.3. The molecule has 6 heteroatoms. The third-order valence-electron chi connectivity index (χ3n) is 3.28. The number of carboxylic acid groups (broad SMARTS) is 1. The summed E-state index contributed by atoms with van der Waals surface area (Å²) in [6, 6.07) is 4.94. The summed E-state index contributed by atoms with van der Waals surface area (Å²) in [5.41, 5.74) is 0.804. The number of anilines is 1. The Morgan fingerprint density at radius 2 is 2.21 bits per heavy atom. The number of para-hydroxylation sites is 1. The molecule has 0 amide bonds. The van der Waals surface area contributed by atoms with E-state index in [0.29, 0.717) is 23.8 Å². The number of halogens is 1. The quantitative estimate of drug-likeness (QED) is 0.915. The molecule has 0 saturated carbocycles. The zero-order valence-corrected chi connectivity index (χ0v) is 10.8. The van der Waals surface area contributed by atoms with Crippen molar-refractivity contribution in [3.63, 3.8) is 0 Å². The second-order valence-electron chi connectivity index (χ2n) is 4.40. The van der Waals surface area contributed by atoms with E-state index in [-0.39, 0.29) is 5.56 Å². The van der Waals surface area contributed by atoms with Crippen molar-refractivity contribution in [3.8, 4) is 0 Å². The fraction of sp³-hybridized carbons (Fsp3) is 0.231. The van der Waals surface area contributed by atoms with E-state index in [4.69, 9.17) is 11.6 Å². The van der Waals surface area contributed by atoms with E-state index in [1.165, 1.54) is 0 Å². The number of nitrogens with zero attached hydrogens (tertiary/aromatic N) is 3. The van der Waals surface area contributed by atoms with Crippen molar-refractivity contribution in [2.75, 3.05) is 11.4 Å². The van der Waals surface area contributed by atoms with Gasteiger partial charge >= 0.3 is 5.97 Å². The van der Waals surface area contributed by atoms with Gasteiger partial charge in [-0.3, -0.25) is 0 Å². The number of carboxylic acids is 1. The van der Waals surface area contributed by atoms with Crippen LogP contribution in [0, 0.1) is 0 Å². The average molecular weight is 278 g/mol. The highest BCUT2D eigenvalue weighted by Crippen LogP contribution is 2.32. The van der Waals surface area contributed by atoms with Crippen LogP contribution in [0.5, 0.6) is 0 Å². The molecular weight excluding hydrogens is 266 g/mol. The second-order valence-corrected chi connectivity index (χ2v) is 4.81. The van der Waals surface area contributed by atoms with Gasteiger partial charge in [-0.15, -0.1) is 0 Å². The molecule has 3 rings (SSSR count). The Balaban J connectivity index is 2.02. The average Bonchev–Trinajstić information content (AvgIpc) is 2.85. The van der Waals surface area contributed by atoms with Crippen LogP contribution in [0.4, 0.5) is 5.69 Å². The fourth-order valence-electron chi connectivity index (χ4n) is 2.37. The predicted octanol–water partition coefficient (Wildman–Crippen LogP) is 2.25. The first-order valence-corrected chi connectivity index (χ1v) is 6.31. The van der Waals surface area contributed by atoms with Crippen LogP contribution in [-0.4, -0.2) is 27.2 Å². The smallest absolute Gasteiger partial charge is 0.337 e. The molecule has 1 aromatic carbocycles. The monoisotopic (exact) mass is 277 g/mol. The van der Waals surface area contributed by atoms with Crippen molar-refractivity contribution < 1.29 is 9.90 Å². The van der Waals surface area contributed by atoms with Gasteiger partial charge in [-0.2, -0.15) is 0 Å². The van der Waals surface area contributed by atoms with Gasteiger partial charge in [0.05, 0.1) is 22.8 Å². The van der Waals surface area contributed by atoms with E-state index < -0.39 is 5.97 Å². The number of imidazole rings is 1. The topological polar surface area (TPSA) is 58.4 Å². The number of carbonyl (C=O) groups is 1. The lowest BCUT2D eigenvalue weighted by Crippen LogP contribution is -2.34. The summed E-state index contributed by atoms with van der Waals surface area (Å²) in [5.74, 6) is -0.0473. The zero-order chi connectivity index (χ0) is 13.4. The van der Waals surface area contributed by atoms with Crippen molar-refractivity contribution in [1.29, 1.82) is 0 Å². The highest BCUT2D eigenvalue weighted by atomic mass is 35.5. The van der Waals surface area contributed by atoms with Gasteiger partial charge in [0, 0.05) is 25.5 Å². The highest BCUT2D eigenvalue weighted by molar-refractivity contribution is 6.34. The van der Waals surface area contributed by atoms with Gasteiger partial charge in [0.25, 0.3) is 0 Å². The summed E-state index contributed by atoms with van der Waals surface area (Å²) in [4.78, 5) is 17.5. The van der Waals surface area contributed by atoms with Crippen LogP contribution in [0.2, 0.25) is 5.02 Å². The molecule has 19 heavy (non-hydrogen) atoms. The lowest BCUT2D eigenvalue weighted by Gasteiger charge is -2.31. The molecule has 0 unspecified atom stereocenters. The van der Waals surface area contributed by atoms with Gasteiger partial charge in [0.1, 0.15) is 5.82 Å². The Morgan fingerprint density at radius 3 is 3.00 bits per heavy atom. The van der Waals surface area contributed by atoms with Crippen LogP contribution in [0.15, 0.2) is 30.6 Å². The molecular formula is C13H12ClN3O2. The van der Waals surface area contributed by atoms with E-state index in [2.05, 4.69) is 9.55 Å². The van der Waals surface area contributed by atoms with Gasteiger partial charge in [0.15, 0.2) is 0 Å². The fourth-order valence-corrected chi connectivity index (χ4v) is 2.67. The van der Waals surface area contributed by atoms with Crippen molar-refractivity contribution in [3.05, 3.63) is 47.0 Å². The number of hydrogen-bond donors (Lipinski definition) is 1. The Morgan fingerprint density at radius 1 is 1.37 bits per heavy atom. The molecule has 1 N–H and O–H groups in total. The molecule has 0 atom stereocenters. The lowest BCUT2D eigenvalue weighted by atomic mass is 10.1. The largest absolute Gasteiger partial charge is 0.478 e. The molecule has 98 valence electrons. The first-order valence-electron chi connectivity index (χ1n) is 5.93. The molecule has 0 bridgehead atoms. The van der Waals surface area contributed by atoms with Gasteiger partial charge in [-0.25, -0.2) is 9.78 Å². The maximum Gasteiger partial charge on any atom is 0.337 e. The predicted molar refractivity (Wildman–Crippen MR) is 71.7 cm³/mol. The van der Waals surface area contributed by atoms with Gasteiger partial charge in [-0.1, -0.05) is 17.7 Å². The molecule has 0 aliphatic carbocycles. The van der Waals surface area contributed by atoms with Crippen LogP contribution < -0.4 is 4.90 Å². The Hall–Kier alpha value is -2.01. The Bertz CT molecular complexity index is 639. The maximum atomic E-state index is 11.3. The number of rotatable bonds is 2. The Labute approximate surface area is 115 Å². The van der Waals surface area contributed by atoms with E-state index in [9.17, 15) is 9.90 Å². The summed E-state index contributed by atoms with van der Waals surface area (Å²) in [6.45, 7) is 2.06. The van der Waals surface area contributed by atoms with Crippen LogP contribution in [0.3, 0.4) is 0 Å². The molecule has 0 spiro atoms. The summed E-state index contributed by atoms with van der Waals surface area (Å²) in [6.07, 6.45) is 3.68. The number of fused-ring (bicyclic) bond motifs is 1. The third-order valence-corrected chi connectivity index (χ3v) is 3.58. The number of aromatic nitrogens is 2. The van der Waals surface area contributed by atoms with Gasteiger partial charge in [-0.05, 0) is 12.1 Å². The molecule has 0 fully saturated rings. The summed E-state index contributed by atoms with van der Waals surface area (Å²) >= 11 is 6.18. The molecule has 1 aliphatic rings. The number of aromatic carboxylic acids is 1. The number of hydrogen-bond acceptors (Lipinski definition) is 3. The van der Waals surface area contributed by atoms with Crippen molar-refractivity contribution in [2.24, 2.45) is 0 Å². The van der Waals surface area contributed by atoms with Crippen molar-refractivity contribution >= 4 is 23.3 Å². The molecule has 2 heterocycles. The standard InChI is InChI=1S/C13H12ClN3O2/c14-10-3-1-2-9(13(18)19)12(10)17-7-6-16-5-4-15-11(16)8-17/h1-5H,6-8H2,(H,18,19). The minimum absolute atomic E-state index is 0.229. The SMILES string of the molecule is O=C(O)c1cccc(Cl)c1N1CCn2ccnc2C1. The highest BCUT2D eigenvalue weighted by Gasteiger charge is 2.23. The number of benzene rings is 1. The Kier molecular flexibility index (Phi) is 2.91. The van der Waals surface area contributed by atoms with Crippen molar-refractivity contribution in [2.45, 2.75) is 13.1 Å². The van der Waals surface area contributed by atoms with Crippen LogP contribution in [-0.2, 0) is 13.1 Å². The van der Waals surface area contributed by atoms with E-state index in [0.717, 1.165) is 12.4 Å². The van der Waals surface area contributed by atoms with Crippen LogP contribution >= 0.6 is 11.6 Å².